The van der Waals surface area contributed by atoms with Gasteiger partial charge in [-0.25, -0.2) is 4.99 Å². The summed E-state index contributed by atoms with van der Waals surface area (Å²) in [5.74, 6) is 4.33. The van der Waals surface area contributed by atoms with Crippen molar-refractivity contribution in [2.75, 3.05) is 10.6 Å². The van der Waals surface area contributed by atoms with E-state index in [1.54, 1.807) is 0 Å². The van der Waals surface area contributed by atoms with E-state index in [-0.39, 0.29) is 33.7 Å². The van der Waals surface area contributed by atoms with E-state index in [0.717, 1.165) is 12.8 Å². The van der Waals surface area contributed by atoms with Crippen LogP contribution in [-0.4, -0.2) is 18.0 Å². The summed E-state index contributed by atoms with van der Waals surface area (Å²) >= 11 is 5.99. The number of halogens is 4. The molecule has 5 nitrogen and oxygen atoms in total. The molecule has 4 rings (SSSR count). The molecular formula is C21H16ClF3N4O. The number of rotatable bonds is 2. The molecule has 1 unspecified atom stereocenters. The van der Waals surface area contributed by atoms with E-state index in [1.165, 1.54) is 42.5 Å². The maximum atomic E-state index is 14.4. The molecule has 0 spiro atoms. The van der Waals surface area contributed by atoms with Crippen molar-refractivity contribution in [2.45, 2.75) is 24.6 Å². The summed E-state index contributed by atoms with van der Waals surface area (Å²) in [5, 5.41) is 5.84. The Bertz CT molecular complexity index is 1100. The zero-order valence-corrected chi connectivity index (χ0v) is 16.2. The van der Waals surface area contributed by atoms with Gasteiger partial charge in [0.15, 0.2) is 0 Å². The lowest BCUT2D eigenvalue weighted by Crippen LogP contribution is -2.45. The van der Waals surface area contributed by atoms with Gasteiger partial charge in [-0.1, -0.05) is 23.4 Å². The fraction of sp³-hybridized carbons (Fsp3) is 0.238. The summed E-state index contributed by atoms with van der Waals surface area (Å²) in [5.41, 5.74) is 3.22. The lowest BCUT2D eigenvalue weighted by atomic mass is 9.87. The number of nitrogens with two attached hydrogens (primary N) is 1. The number of nitrogens with zero attached hydrogens (tertiary/aromatic N) is 1. The van der Waals surface area contributed by atoms with E-state index in [1.807, 2.05) is 0 Å². The van der Waals surface area contributed by atoms with E-state index < -0.39 is 17.6 Å². The zero-order chi connectivity index (χ0) is 21.5. The van der Waals surface area contributed by atoms with E-state index in [4.69, 9.17) is 17.3 Å². The van der Waals surface area contributed by atoms with Gasteiger partial charge >= 0.3 is 6.18 Å². The molecule has 0 bridgehead atoms. The van der Waals surface area contributed by atoms with Crippen molar-refractivity contribution in [3.05, 3.63) is 58.6 Å². The highest BCUT2D eigenvalue weighted by atomic mass is 35.5. The predicted molar refractivity (Wildman–Crippen MR) is 109 cm³/mol. The maximum absolute atomic E-state index is 14.4. The summed E-state index contributed by atoms with van der Waals surface area (Å²) < 4.78 is 43.1. The Labute approximate surface area is 175 Å². The third-order valence-electron chi connectivity index (χ3n) is 4.78. The molecule has 1 fully saturated rings. The Morgan fingerprint density at radius 1 is 1.23 bits per heavy atom. The molecule has 1 heterocycles. The van der Waals surface area contributed by atoms with Gasteiger partial charge in [0.05, 0.1) is 0 Å². The fourth-order valence-electron chi connectivity index (χ4n) is 3.04. The fourth-order valence-corrected chi connectivity index (χ4v) is 3.21. The Morgan fingerprint density at radius 2 is 1.93 bits per heavy atom. The first-order chi connectivity index (χ1) is 14.2. The van der Waals surface area contributed by atoms with Gasteiger partial charge in [0.2, 0.25) is 17.4 Å². The van der Waals surface area contributed by atoms with E-state index in [0.29, 0.717) is 5.69 Å². The van der Waals surface area contributed by atoms with Crippen molar-refractivity contribution in [3.63, 3.8) is 0 Å². The van der Waals surface area contributed by atoms with Crippen LogP contribution in [0.4, 0.5) is 24.5 Å². The Hall–Kier alpha value is -3.18. The first-order valence-corrected chi connectivity index (χ1v) is 9.49. The number of carbonyl (C=O) groups excluding carboxylic acids is 1. The van der Waals surface area contributed by atoms with Crippen LogP contribution in [0.5, 0.6) is 0 Å². The second kappa shape index (κ2) is 7.26. The van der Waals surface area contributed by atoms with Crippen molar-refractivity contribution >= 4 is 34.8 Å². The van der Waals surface area contributed by atoms with Crippen LogP contribution in [0, 0.1) is 17.8 Å². The minimum Gasteiger partial charge on any atom is -0.366 e. The topological polar surface area (TPSA) is 79.5 Å². The normalized spacial score (nSPS) is 20.2. The van der Waals surface area contributed by atoms with Crippen molar-refractivity contribution in [2.24, 2.45) is 16.6 Å². The average molecular weight is 433 g/mol. The van der Waals surface area contributed by atoms with Crippen LogP contribution in [0.2, 0.25) is 5.02 Å². The van der Waals surface area contributed by atoms with Gasteiger partial charge in [0.1, 0.15) is 0 Å². The van der Waals surface area contributed by atoms with Gasteiger partial charge in [0.25, 0.3) is 0 Å². The van der Waals surface area contributed by atoms with Crippen LogP contribution in [0.1, 0.15) is 28.8 Å². The summed E-state index contributed by atoms with van der Waals surface area (Å²) in [6, 6.07) is 10.2. The molecule has 1 atom stereocenters. The molecule has 0 aromatic heterocycles. The Balaban J connectivity index is 1.79. The zero-order valence-electron chi connectivity index (χ0n) is 15.5. The smallest absolute Gasteiger partial charge is 0.366 e. The highest BCUT2D eigenvalue weighted by Gasteiger charge is 2.58. The number of primary amides is 1. The molecule has 2 aliphatic rings. The number of benzene rings is 2. The molecule has 2 aromatic carbocycles. The van der Waals surface area contributed by atoms with Gasteiger partial charge in [0, 0.05) is 33.4 Å². The molecule has 1 aliphatic carbocycles. The molecule has 0 radical (unpaired) electrons. The number of guanidine groups is 1. The largest absolute Gasteiger partial charge is 0.429 e. The molecule has 1 saturated carbocycles. The van der Waals surface area contributed by atoms with Gasteiger partial charge < -0.3 is 16.4 Å². The number of aliphatic imine (C=N–C) groups is 1. The molecule has 2 aromatic rings. The summed E-state index contributed by atoms with van der Waals surface area (Å²) in [6.45, 7) is 0. The molecule has 1 amide bonds. The third kappa shape index (κ3) is 3.81. The molecule has 1 aliphatic heterocycles. The Kier molecular flexibility index (Phi) is 4.86. The highest BCUT2D eigenvalue weighted by Crippen LogP contribution is 2.48. The first kappa shape index (κ1) is 20.1. The Morgan fingerprint density at radius 3 is 2.53 bits per heavy atom. The van der Waals surface area contributed by atoms with Crippen LogP contribution < -0.4 is 16.4 Å². The maximum Gasteiger partial charge on any atom is 0.429 e. The van der Waals surface area contributed by atoms with Crippen molar-refractivity contribution in [1.29, 1.82) is 0 Å². The van der Waals surface area contributed by atoms with Gasteiger partial charge in [-0.3, -0.25) is 4.79 Å². The molecular weight excluding hydrogens is 417 g/mol. The van der Waals surface area contributed by atoms with E-state index in [2.05, 4.69) is 27.5 Å². The molecule has 4 N–H and O–H groups in total. The lowest BCUT2D eigenvalue weighted by molar-refractivity contribution is -0.170. The van der Waals surface area contributed by atoms with Gasteiger partial charge in [-0.15, -0.1) is 0 Å². The number of carbonyl (C=O) groups is 1. The van der Waals surface area contributed by atoms with E-state index in [9.17, 15) is 18.0 Å². The molecule has 154 valence electrons. The number of fused-ring (bicyclic) bond motifs is 1. The predicted octanol–water partition coefficient (Wildman–Crippen LogP) is 4.50. The lowest BCUT2D eigenvalue weighted by Gasteiger charge is -2.34. The van der Waals surface area contributed by atoms with Crippen molar-refractivity contribution in [3.8, 4) is 11.8 Å². The van der Waals surface area contributed by atoms with Crippen molar-refractivity contribution in [1.82, 2.24) is 0 Å². The second-order valence-corrected chi connectivity index (χ2v) is 7.53. The number of amides is 1. The van der Waals surface area contributed by atoms with Gasteiger partial charge in [-0.05, 0) is 55.3 Å². The van der Waals surface area contributed by atoms with Crippen LogP contribution in [0.25, 0.3) is 0 Å². The number of hydrogen-bond donors (Lipinski definition) is 3. The molecule has 30 heavy (non-hydrogen) atoms. The monoisotopic (exact) mass is 432 g/mol. The molecule has 0 saturated heterocycles. The standard InChI is InChI=1S/C21H16ClF3N4O/c22-14-5-8-17-16(11-14)20(21(23,24)25,10-9-12-1-2-12)29-19(28-17)27-15-6-3-13(4-7-15)18(26)30/h3-8,11-12H,1-2H2,(H2,26,30)(H2,27,28,29). The van der Waals surface area contributed by atoms with Crippen LogP contribution in [-0.2, 0) is 5.54 Å². The second-order valence-electron chi connectivity index (χ2n) is 7.09. The number of alkyl halides is 3. The number of nitrogens with one attached hydrogen (secondary N) is 2. The minimum atomic E-state index is -4.78. The highest BCUT2D eigenvalue weighted by molar-refractivity contribution is 6.30. The first-order valence-electron chi connectivity index (χ1n) is 9.11. The quantitative estimate of drug-likeness (QED) is 0.611. The SMILES string of the molecule is NC(=O)c1ccc(NC2=NC(C#CC3CC3)(C(F)(F)F)c3cc(Cl)ccc3N2)cc1. The third-order valence-corrected chi connectivity index (χ3v) is 5.02. The molecule has 9 heteroatoms. The summed E-state index contributed by atoms with van der Waals surface area (Å²) in [4.78, 5) is 15.2. The summed E-state index contributed by atoms with van der Waals surface area (Å²) in [6.07, 6.45) is -3.22. The van der Waals surface area contributed by atoms with Crippen LogP contribution >= 0.6 is 11.6 Å². The number of hydrogen-bond acceptors (Lipinski definition) is 4. The van der Waals surface area contributed by atoms with E-state index >= 15 is 0 Å². The van der Waals surface area contributed by atoms with Crippen molar-refractivity contribution < 1.29 is 18.0 Å². The number of anilines is 2. The summed E-state index contributed by atoms with van der Waals surface area (Å²) in [7, 11) is 0. The van der Waals surface area contributed by atoms with Crippen LogP contribution in [0.3, 0.4) is 0 Å². The van der Waals surface area contributed by atoms with Gasteiger partial charge in [-0.2, -0.15) is 13.2 Å². The average Bonchev–Trinajstić information content (AvgIpc) is 3.50. The van der Waals surface area contributed by atoms with Crippen LogP contribution in [0.15, 0.2) is 47.5 Å². The minimum absolute atomic E-state index is 0.0466.